The number of methoxy groups -OCH3 is 1. The molecule has 0 spiro atoms. The topological polar surface area (TPSA) is 161 Å². The van der Waals surface area contributed by atoms with Crippen LogP contribution in [0.4, 0.5) is 22.7 Å². The van der Waals surface area contributed by atoms with E-state index in [1.54, 1.807) is 30.9 Å². The fourth-order valence-electron chi connectivity index (χ4n) is 10.5. The van der Waals surface area contributed by atoms with Crippen LogP contribution in [0.5, 0.6) is 17.2 Å². The fraction of sp³-hybridized carbons (Fsp3) is 0.397. The molecule has 0 radical (unpaired) electrons. The summed E-state index contributed by atoms with van der Waals surface area (Å²) in [4.78, 5) is 58.5. The lowest BCUT2D eigenvalue weighted by Gasteiger charge is -2.26. The molecule has 0 aliphatic carbocycles. The standard InChI is InChI=1S/C58H64N4O10S3/c1-9-50(63)54(75(67,68)70-8)23-36(3)73-74-58(4,5)21-20-55(64)59-42-25-37(33-71-51-31-49-46(22-35(51)2)57(66)62-44(32-60(49)6)28-41-15-11-13-17-48(41)62)24-38(26-42)34-72-53-29-39-18-19-43-27-40-14-10-12-16-47(40)61(43)56(65)45(39)30-52(53)69-7/h10-17,22,24-26,29-31,36,43-44,54H,9,18-21,23,27-28,33-34H2,1-8H3,(H,59,64)/t36?,43-,44+,54?/m1/s1. The predicted octanol–water partition coefficient (Wildman–Crippen LogP) is 10.5. The van der Waals surface area contributed by atoms with Gasteiger partial charge in [0.05, 0.1) is 19.9 Å². The Kier molecular flexibility index (Phi) is 15.9. The molecule has 4 heterocycles. The molecule has 75 heavy (non-hydrogen) atoms. The van der Waals surface area contributed by atoms with Gasteiger partial charge in [-0.05, 0) is 141 Å². The molecule has 17 heteroatoms. The maximum absolute atomic E-state index is 14.2. The summed E-state index contributed by atoms with van der Waals surface area (Å²) in [5.74, 6) is 0.806. The van der Waals surface area contributed by atoms with E-state index in [4.69, 9.17) is 18.4 Å². The highest BCUT2D eigenvalue weighted by atomic mass is 33.1. The average Bonchev–Trinajstić information content (AvgIpc) is 3.91. The molecule has 0 aromatic heterocycles. The van der Waals surface area contributed by atoms with Crippen molar-refractivity contribution in [3.05, 3.63) is 136 Å². The predicted molar refractivity (Wildman–Crippen MR) is 296 cm³/mol. The second-order valence-electron chi connectivity index (χ2n) is 20.3. The van der Waals surface area contributed by atoms with E-state index >= 15 is 0 Å². The lowest BCUT2D eigenvalue weighted by molar-refractivity contribution is -0.401. The van der Waals surface area contributed by atoms with Crippen molar-refractivity contribution in [1.82, 2.24) is 0 Å². The molecule has 4 atom stereocenters. The van der Waals surface area contributed by atoms with Crippen molar-refractivity contribution < 1.29 is 50.6 Å². The Balaban J connectivity index is 0.928. The number of carbonyl (C=O) groups excluding carboxylic acids is 4. The van der Waals surface area contributed by atoms with Crippen LogP contribution in [0.15, 0.2) is 91.0 Å². The van der Waals surface area contributed by atoms with E-state index in [0.29, 0.717) is 59.0 Å². The molecule has 14 nitrogen and oxygen atoms in total. The number of nitrogens with zero attached hydrogens (tertiary/aromatic N) is 3. The molecule has 0 bridgehead atoms. The number of benzene rings is 5. The number of carbonyl (C=O) groups is 4. The number of amides is 3. The maximum atomic E-state index is 14.2. The van der Waals surface area contributed by atoms with E-state index in [2.05, 4.69) is 23.7 Å². The number of aryl methyl sites for hydroxylation is 2. The van der Waals surface area contributed by atoms with Crippen molar-refractivity contribution in [2.24, 2.45) is 0 Å². The van der Waals surface area contributed by atoms with Gasteiger partial charge < -0.3 is 33.9 Å². The molecule has 4 aliphatic rings. The quantitative estimate of drug-likeness (QED) is 0.0341. The summed E-state index contributed by atoms with van der Waals surface area (Å²) in [5, 5.41) is 1.69. The number of fused-ring (bicyclic) bond motifs is 8. The lowest BCUT2D eigenvalue weighted by atomic mass is 9.99. The van der Waals surface area contributed by atoms with Crippen molar-refractivity contribution in [3.8, 4) is 17.2 Å². The highest BCUT2D eigenvalue weighted by Crippen LogP contribution is 2.44. The molecule has 5 aromatic rings. The molecule has 0 saturated carbocycles. The van der Waals surface area contributed by atoms with E-state index in [1.807, 2.05) is 122 Å². The second kappa shape index (κ2) is 22.2. The zero-order chi connectivity index (χ0) is 53.3. The molecule has 2 unspecified atom stereocenters. The van der Waals surface area contributed by atoms with Crippen LogP contribution >= 0.6 is 21.6 Å². The first-order valence-electron chi connectivity index (χ1n) is 25.4. The first kappa shape index (κ1) is 53.7. The van der Waals surface area contributed by atoms with Crippen LogP contribution in [0.3, 0.4) is 0 Å². The Bertz CT molecular complexity index is 3210. The Morgan fingerprint density at radius 1 is 0.840 bits per heavy atom. The van der Waals surface area contributed by atoms with Gasteiger partial charge in [-0.3, -0.25) is 23.4 Å². The van der Waals surface area contributed by atoms with Gasteiger partial charge in [0.15, 0.2) is 17.3 Å². The number of ether oxygens (including phenoxy) is 3. The molecule has 1 N–H and O–H groups in total. The lowest BCUT2D eigenvalue weighted by Crippen LogP contribution is -2.38. The number of ketones is 1. The van der Waals surface area contributed by atoms with Gasteiger partial charge in [-0.15, -0.1) is 0 Å². The normalized spacial score (nSPS) is 17.5. The second-order valence-corrected chi connectivity index (χ2v) is 25.6. The minimum absolute atomic E-state index is 0.0511. The van der Waals surface area contributed by atoms with Crippen LogP contribution < -0.4 is 29.3 Å². The number of hydrogen-bond acceptors (Lipinski definition) is 12. The van der Waals surface area contributed by atoms with Crippen molar-refractivity contribution in [1.29, 1.82) is 0 Å². The maximum Gasteiger partial charge on any atom is 0.277 e. The monoisotopic (exact) mass is 1070 g/mol. The van der Waals surface area contributed by atoms with Crippen molar-refractivity contribution in [2.75, 3.05) is 36.4 Å². The molecule has 4 aliphatic heterocycles. The number of rotatable bonds is 20. The number of hydrogen-bond donors (Lipinski definition) is 1. The highest BCUT2D eigenvalue weighted by molar-refractivity contribution is 8.77. The van der Waals surface area contributed by atoms with Crippen LogP contribution in [-0.2, 0) is 56.4 Å². The van der Waals surface area contributed by atoms with E-state index in [1.165, 1.54) is 16.4 Å². The van der Waals surface area contributed by atoms with Gasteiger partial charge in [-0.2, -0.15) is 8.42 Å². The SMILES string of the molecule is CCC(=O)C(CC(C)SSC(C)(C)CCC(=O)Nc1cc(COc2cc3c(cc2C)C(=O)N2c4ccccc4C[C@H]2[C-]=[N+]3C)cc(COc2cc3c(cc2OC)C(=O)N2c4ccccc4C[C@H]2CC3)c1)S(=O)(=O)OC. The molecule has 0 saturated heterocycles. The molecule has 394 valence electrons. The zero-order valence-corrected chi connectivity index (χ0v) is 46.1. The molecule has 3 amide bonds. The average molecular weight is 1070 g/mol. The minimum Gasteiger partial charge on any atom is -0.493 e. The minimum atomic E-state index is -4.03. The summed E-state index contributed by atoms with van der Waals surface area (Å²) in [5.41, 5.74) is 9.73. The number of Topliss-reactive ketones (excluding diaryl/α,β-unsaturated/α-hetero) is 1. The molecule has 9 rings (SSSR count). The number of nitrogens with one attached hydrogen (secondary N) is 1. The molecule has 0 fully saturated rings. The van der Waals surface area contributed by atoms with Gasteiger partial charge in [0.2, 0.25) is 11.8 Å². The Labute approximate surface area is 448 Å². The van der Waals surface area contributed by atoms with E-state index in [0.717, 1.165) is 59.1 Å². The van der Waals surface area contributed by atoms with Crippen LogP contribution in [0.1, 0.15) is 114 Å². The number of anilines is 3. The summed E-state index contributed by atoms with van der Waals surface area (Å²) >= 11 is 0. The van der Waals surface area contributed by atoms with E-state index in [9.17, 15) is 27.6 Å². The summed E-state index contributed by atoms with van der Waals surface area (Å²) in [7, 11) is 3.55. The third-order valence-electron chi connectivity index (χ3n) is 14.4. The van der Waals surface area contributed by atoms with E-state index in [-0.39, 0.29) is 78.1 Å². The smallest absolute Gasteiger partial charge is 0.277 e. The van der Waals surface area contributed by atoms with Gasteiger partial charge in [-0.1, -0.05) is 77.9 Å². The summed E-state index contributed by atoms with van der Waals surface area (Å²) < 4.78 is 50.3. The van der Waals surface area contributed by atoms with Gasteiger partial charge >= 0.3 is 0 Å². The molecule has 5 aromatic carbocycles. The zero-order valence-electron chi connectivity index (χ0n) is 43.7. The van der Waals surface area contributed by atoms with Crippen LogP contribution in [0, 0.1) is 6.92 Å². The van der Waals surface area contributed by atoms with Crippen LogP contribution in [0.2, 0.25) is 0 Å². The van der Waals surface area contributed by atoms with Gasteiger partial charge in [0, 0.05) is 69.3 Å². The van der Waals surface area contributed by atoms with Gasteiger partial charge in [-0.25, -0.2) is 0 Å². The first-order chi connectivity index (χ1) is 35.9. The summed E-state index contributed by atoms with van der Waals surface area (Å²) in [6.45, 7) is 9.75. The van der Waals surface area contributed by atoms with Crippen LogP contribution in [0.25, 0.3) is 0 Å². The first-order valence-corrected chi connectivity index (χ1v) is 29.1. The number of para-hydroxylation sites is 2. The summed E-state index contributed by atoms with van der Waals surface area (Å²) in [6, 6.07) is 29.1. The van der Waals surface area contributed by atoms with Crippen molar-refractivity contribution >= 4 is 84.2 Å². The van der Waals surface area contributed by atoms with Crippen molar-refractivity contribution in [2.45, 2.75) is 127 Å². The third kappa shape index (κ3) is 11.5. The molecular formula is C58H64N4O10S3. The van der Waals surface area contributed by atoms with E-state index < -0.39 is 15.4 Å². The van der Waals surface area contributed by atoms with Gasteiger partial charge in [0.1, 0.15) is 31.3 Å². The van der Waals surface area contributed by atoms with Crippen LogP contribution in [-0.4, -0.2) is 91.3 Å². The highest BCUT2D eigenvalue weighted by Gasteiger charge is 2.39. The Hall–Kier alpha value is -6.14. The third-order valence-corrected chi connectivity index (χ3v) is 19.9. The molecular weight excluding hydrogens is 1010 g/mol. The summed E-state index contributed by atoms with van der Waals surface area (Å²) in [6.07, 6.45) is 7.42. The van der Waals surface area contributed by atoms with Gasteiger partial charge in [0.25, 0.3) is 16.0 Å². The largest absolute Gasteiger partial charge is 0.493 e. The fourth-order valence-corrected chi connectivity index (χ4v) is 14.5. The van der Waals surface area contributed by atoms with Crippen molar-refractivity contribution in [3.63, 3.8) is 0 Å². The Morgan fingerprint density at radius 2 is 1.49 bits per heavy atom. The Morgan fingerprint density at radius 3 is 2.17 bits per heavy atom.